The van der Waals surface area contributed by atoms with Gasteiger partial charge in [0.15, 0.2) is 0 Å². The van der Waals surface area contributed by atoms with Gasteiger partial charge in [-0.1, -0.05) is 17.3 Å². The molecule has 19 heavy (non-hydrogen) atoms. The molecule has 0 atom stereocenters. The summed E-state index contributed by atoms with van der Waals surface area (Å²) in [5.74, 6) is -0.531. The van der Waals surface area contributed by atoms with Gasteiger partial charge in [-0.05, 0) is 18.2 Å². The predicted octanol–water partition coefficient (Wildman–Crippen LogP) is 2.69. The van der Waals surface area contributed by atoms with E-state index >= 15 is 0 Å². The monoisotopic (exact) mass is 256 g/mol. The minimum Gasteiger partial charge on any atom is -0.478 e. The molecular weight excluding hydrogens is 248 g/mol. The fourth-order valence-corrected chi connectivity index (χ4v) is 1.70. The van der Waals surface area contributed by atoms with E-state index in [4.69, 9.17) is 14.0 Å². The van der Waals surface area contributed by atoms with Gasteiger partial charge in [-0.2, -0.15) is 4.98 Å². The molecule has 0 fully saturated rings. The van der Waals surface area contributed by atoms with Crippen LogP contribution in [0.5, 0.6) is 0 Å². The van der Waals surface area contributed by atoms with Crippen LogP contribution < -0.4 is 0 Å². The second-order valence-electron chi connectivity index (χ2n) is 3.79. The van der Waals surface area contributed by atoms with E-state index in [9.17, 15) is 4.79 Å². The van der Waals surface area contributed by atoms with Crippen molar-refractivity contribution >= 4 is 5.97 Å². The molecule has 0 saturated heterocycles. The highest BCUT2D eigenvalue weighted by Gasteiger charge is 2.17. The van der Waals surface area contributed by atoms with E-state index in [1.807, 2.05) is 0 Å². The number of rotatable bonds is 3. The Balaban J connectivity index is 2.06. The molecule has 6 heteroatoms. The third kappa shape index (κ3) is 1.99. The van der Waals surface area contributed by atoms with Crippen LogP contribution >= 0.6 is 0 Å². The standard InChI is InChI=1S/C13H8N2O4/c16-13(17)10-4-2-1-3-9(10)12-14-11(15-19-12)8-5-6-18-7-8/h1-7H,(H,16,17). The van der Waals surface area contributed by atoms with Gasteiger partial charge < -0.3 is 14.0 Å². The number of carboxylic acids is 1. The minimum absolute atomic E-state index is 0.116. The van der Waals surface area contributed by atoms with E-state index in [1.54, 1.807) is 24.3 Å². The van der Waals surface area contributed by atoms with Crippen LogP contribution in [0.4, 0.5) is 0 Å². The molecule has 0 unspecified atom stereocenters. The first kappa shape index (κ1) is 11.2. The molecule has 0 spiro atoms. The number of hydrogen-bond acceptors (Lipinski definition) is 5. The third-order valence-corrected chi connectivity index (χ3v) is 2.59. The van der Waals surface area contributed by atoms with Crippen molar-refractivity contribution in [3.8, 4) is 22.8 Å². The molecule has 3 rings (SSSR count). The number of benzene rings is 1. The summed E-state index contributed by atoms with van der Waals surface area (Å²) in [6.45, 7) is 0. The van der Waals surface area contributed by atoms with Gasteiger partial charge in [0.1, 0.15) is 6.26 Å². The average Bonchev–Trinajstić information content (AvgIpc) is 3.09. The van der Waals surface area contributed by atoms with E-state index in [1.165, 1.54) is 18.6 Å². The average molecular weight is 256 g/mol. The number of carboxylic acid groups (broad SMARTS) is 1. The smallest absolute Gasteiger partial charge is 0.336 e. The largest absolute Gasteiger partial charge is 0.478 e. The Morgan fingerprint density at radius 2 is 2.05 bits per heavy atom. The molecular formula is C13H8N2O4. The highest BCUT2D eigenvalue weighted by Crippen LogP contribution is 2.25. The van der Waals surface area contributed by atoms with Crippen molar-refractivity contribution in [2.24, 2.45) is 0 Å². The van der Waals surface area contributed by atoms with Crippen LogP contribution in [0.1, 0.15) is 10.4 Å². The SMILES string of the molecule is O=C(O)c1ccccc1-c1nc(-c2ccoc2)no1. The summed E-state index contributed by atoms with van der Waals surface area (Å²) >= 11 is 0. The lowest BCUT2D eigenvalue weighted by Crippen LogP contribution is -1.99. The zero-order valence-corrected chi connectivity index (χ0v) is 9.61. The number of furan rings is 1. The van der Waals surface area contributed by atoms with Crippen molar-refractivity contribution in [2.45, 2.75) is 0 Å². The first-order valence-corrected chi connectivity index (χ1v) is 5.44. The molecule has 0 bridgehead atoms. The van der Waals surface area contributed by atoms with Crippen molar-refractivity contribution in [3.63, 3.8) is 0 Å². The number of nitrogens with zero attached hydrogens (tertiary/aromatic N) is 2. The molecule has 1 N–H and O–H groups in total. The quantitative estimate of drug-likeness (QED) is 0.774. The van der Waals surface area contributed by atoms with Crippen LogP contribution in [0.2, 0.25) is 0 Å². The third-order valence-electron chi connectivity index (χ3n) is 2.59. The van der Waals surface area contributed by atoms with Gasteiger partial charge in [0.05, 0.1) is 23.0 Å². The molecule has 94 valence electrons. The summed E-state index contributed by atoms with van der Waals surface area (Å²) < 4.78 is 10.0. The van der Waals surface area contributed by atoms with E-state index < -0.39 is 5.97 Å². The maximum atomic E-state index is 11.1. The summed E-state index contributed by atoms with van der Waals surface area (Å²) in [5.41, 5.74) is 1.17. The number of carbonyl (C=O) groups is 1. The van der Waals surface area contributed by atoms with Crippen molar-refractivity contribution in [1.29, 1.82) is 0 Å². The Labute approximate surface area is 107 Å². The van der Waals surface area contributed by atoms with Crippen molar-refractivity contribution < 1.29 is 18.8 Å². The molecule has 0 amide bonds. The van der Waals surface area contributed by atoms with E-state index in [0.717, 1.165) is 0 Å². The predicted molar refractivity (Wildman–Crippen MR) is 64.4 cm³/mol. The lowest BCUT2D eigenvalue weighted by molar-refractivity contribution is 0.0697. The first-order valence-electron chi connectivity index (χ1n) is 5.44. The van der Waals surface area contributed by atoms with Gasteiger partial charge in [0.25, 0.3) is 5.89 Å². The van der Waals surface area contributed by atoms with Gasteiger partial charge >= 0.3 is 5.97 Å². The topological polar surface area (TPSA) is 89.4 Å². The van der Waals surface area contributed by atoms with Gasteiger partial charge in [-0.3, -0.25) is 0 Å². The summed E-state index contributed by atoms with van der Waals surface area (Å²) in [4.78, 5) is 15.3. The summed E-state index contributed by atoms with van der Waals surface area (Å²) in [5, 5.41) is 12.9. The number of hydrogen-bond donors (Lipinski definition) is 1. The maximum absolute atomic E-state index is 11.1. The maximum Gasteiger partial charge on any atom is 0.336 e. The van der Waals surface area contributed by atoms with Crippen LogP contribution in [-0.2, 0) is 0 Å². The van der Waals surface area contributed by atoms with Gasteiger partial charge in [-0.15, -0.1) is 0 Å². The molecule has 0 saturated carbocycles. The first-order chi connectivity index (χ1) is 9.25. The van der Waals surface area contributed by atoms with Crippen LogP contribution in [0.15, 0.2) is 51.8 Å². The van der Waals surface area contributed by atoms with Crippen LogP contribution in [0, 0.1) is 0 Å². The van der Waals surface area contributed by atoms with Crippen LogP contribution in [0.3, 0.4) is 0 Å². The highest BCUT2D eigenvalue weighted by atomic mass is 16.5. The zero-order valence-electron chi connectivity index (χ0n) is 9.61. The second-order valence-corrected chi connectivity index (χ2v) is 3.79. The number of aromatic nitrogens is 2. The molecule has 3 aromatic rings. The Morgan fingerprint density at radius 1 is 1.21 bits per heavy atom. The molecule has 0 aliphatic heterocycles. The molecule has 0 aliphatic rings. The highest BCUT2D eigenvalue weighted by molar-refractivity contribution is 5.94. The van der Waals surface area contributed by atoms with Crippen molar-refractivity contribution in [3.05, 3.63) is 48.4 Å². The summed E-state index contributed by atoms with van der Waals surface area (Å²) in [7, 11) is 0. The molecule has 2 heterocycles. The van der Waals surface area contributed by atoms with E-state index in [0.29, 0.717) is 17.0 Å². The lowest BCUT2D eigenvalue weighted by atomic mass is 10.1. The summed E-state index contributed by atoms with van der Waals surface area (Å²) in [6, 6.07) is 8.15. The fraction of sp³-hybridized carbons (Fsp3) is 0. The molecule has 0 aliphatic carbocycles. The normalized spacial score (nSPS) is 10.5. The van der Waals surface area contributed by atoms with Gasteiger partial charge in [-0.25, -0.2) is 4.79 Å². The van der Waals surface area contributed by atoms with Crippen LogP contribution in [0.25, 0.3) is 22.8 Å². The lowest BCUT2D eigenvalue weighted by Gasteiger charge is -1.99. The fourth-order valence-electron chi connectivity index (χ4n) is 1.70. The van der Waals surface area contributed by atoms with E-state index in [2.05, 4.69) is 10.1 Å². The van der Waals surface area contributed by atoms with E-state index in [-0.39, 0.29) is 11.5 Å². The Hall–Kier alpha value is -2.89. The van der Waals surface area contributed by atoms with Crippen LogP contribution in [-0.4, -0.2) is 21.2 Å². The summed E-state index contributed by atoms with van der Waals surface area (Å²) in [6.07, 6.45) is 2.98. The van der Waals surface area contributed by atoms with Crippen molar-refractivity contribution in [1.82, 2.24) is 10.1 Å². The zero-order chi connectivity index (χ0) is 13.2. The molecule has 1 aromatic carbocycles. The Kier molecular flexibility index (Phi) is 2.60. The molecule has 2 aromatic heterocycles. The molecule has 0 radical (unpaired) electrons. The van der Waals surface area contributed by atoms with Gasteiger partial charge in [0.2, 0.25) is 5.82 Å². The second kappa shape index (κ2) is 4.41. The molecule has 6 nitrogen and oxygen atoms in total. The number of aromatic carboxylic acids is 1. The van der Waals surface area contributed by atoms with Crippen molar-refractivity contribution in [2.75, 3.05) is 0 Å². The Bertz CT molecular complexity index is 716. The van der Waals surface area contributed by atoms with Gasteiger partial charge in [0, 0.05) is 0 Å². The Morgan fingerprint density at radius 3 is 2.79 bits per heavy atom. The minimum atomic E-state index is -1.04.